The molecule has 0 radical (unpaired) electrons. The molecule has 2 N–H and O–H groups in total. The number of alkyl halides is 1. The number of carbonyl (C=O) groups excluding carboxylic acids is 4. The molecule has 5 rings (SSSR count). The van der Waals surface area contributed by atoms with Crippen LogP contribution in [0.15, 0.2) is 48.5 Å². The van der Waals surface area contributed by atoms with Crippen LogP contribution in [0.4, 0.5) is 8.78 Å². The molecule has 2 saturated heterocycles. The Balaban J connectivity index is 1.36. The smallest absolute Gasteiger partial charge is 0.243 e. The molecule has 2 aromatic rings. The summed E-state index contributed by atoms with van der Waals surface area (Å²) in [6.07, 6.45) is 0.234. The van der Waals surface area contributed by atoms with E-state index in [1.807, 2.05) is 25.1 Å². The average molecular weight is 525 g/mol. The number of hydrogen-bond donors (Lipinski definition) is 2. The maximum atomic E-state index is 15.1. The zero-order chi connectivity index (χ0) is 27.0. The van der Waals surface area contributed by atoms with Crippen molar-refractivity contribution in [2.75, 3.05) is 26.2 Å². The van der Waals surface area contributed by atoms with Crippen molar-refractivity contribution < 1.29 is 28.0 Å². The summed E-state index contributed by atoms with van der Waals surface area (Å²) in [5.41, 5.74) is 1.73. The molecule has 1 saturated carbocycles. The van der Waals surface area contributed by atoms with Crippen molar-refractivity contribution in [1.82, 2.24) is 20.4 Å². The van der Waals surface area contributed by atoms with Crippen LogP contribution in [-0.4, -0.2) is 71.8 Å². The second-order valence-corrected chi connectivity index (χ2v) is 10.6. The lowest BCUT2D eigenvalue weighted by Gasteiger charge is -2.30. The molecule has 4 amide bonds. The van der Waals surface area contributed by atoms with Gasteiger partial charge in [-0.15, -0.1) is 0 Å². The van der Waals surface area contributed by atoms with Crippen molar-refractivity contribution in [3.05, 3.63) is 71.0 Å². The van der Waals surface area contributed by atoms with E-state index in [2.05, 4.69) is 10.6 Å². The Morgan fingerprint density at radius 3 is 2.55 bits per heavy atom. The van der Waals surface area contributed by atoms with Crippen LogP contribution in [0.1, 0.15) is 48.9 Å². The van der Waals surface area contributed by atoms with Gasteiger partial charge >= 0.3 is 0 Å². The highest BCUT2D eigenvalue weighted by Crippen LogP contribution is 2.48. The monoisotopic (exact) mass is 524 g/mol. The van der Waals surface area contributed by atoms with Crippen molar-refractivity contribution in [3.63, 3.8) is 0 Å². The minimum atomic E-state index is -1.42. The van der Waals surface area contributed by atoms with E-state index in [-0.39, 0.29) is 37.3 Å². The molecule has 3 atom stereocenters. The van der Waals surface area contributed by atoms with Crippen LogP contribution >= 0.6 is 0 Å². The number of carbonyl (C=O) groups is 4. The average Bonchev–Trinajstić information content (AvgIpc) is 3.51. The van der Waals surface area contributed by atoms with Gasteiger partial charge in [0.25, 0.3) is 0 Å². The quantitative estimate of drug-likeness (QED) is 0.579. The molecule has 1 aliphatic carbocycles. The van der Waals surface area contributed by atoms with Crippen LogP contribution in [0.5, 0.6) is 0 Å². The molecule has 2 heterocycles. The Bertz CT molecular complexity index is 1270. The number of rotatable bonds is 7. The normalized spacial score (nSPS) is 23.1. The number of benzene rings is 2. The molecule has 10 heteroatoms. The van der Waals surface area contributed by atoms with Crippen LogP contribution in [0.2, 0.25) is 0 Å². The molecule has 3 aliphatic rings. The number of likely N-dealkylation sites (tertiary alicyclic amines) is 1. The van der Waals surface area contributed by atoms with E-state index < -0.39 is 48.4 Å². The molecule has 2 aliphatic heterocycles. The molecule has 8 nitrogen and oxygen atoms in total. The molecule has 38 heavy (non-hydrogen) atoms. The van der Waals surface area contributed by atoms with Gasteiger partial charge in [0.15, 0.2) is 0 Å². The number of piperazine rings is 1. The Morgan fingerprint density at radius 2 is 1.87 bits per heavy atom. The van der Waals surface area contributed by atoms with Crippen molar-refractivity contribution >= 4 is 23.6 Å². The lowest BCUT2D eigenvalue weighted by molar-refractivity contribution is -0.147. The van der Waals surface area contributed by atoms with E-state index in [1.165, 1.54) is 6.07 Å². The van der Waals surface area contributed by atoms with E-state index in [0.717, 1.165) is 22.6 Å². The third-order valence-corrected chi connectivity index (χ3v) is 7.72. The molecule has 200 valence electrons. The van der Waals surface area contributed by atoms with Gasteiger partial charge in [0.05, 0.1) is 19.1 Å². The Labute approximate surface area is 219 Å². The number of nitrogens with one attached hydrogen (secondary N) is 2. The molecule has 2 aromatic carbocycles. The summed E-state index contributed by atoms with van der Waals surface area (Å²) in [7, 11) is 0. The first-order valence-corrected chi connectivity index (χ1v) is 12.8. The Morgan fingerprint density at radius 1 is 1.13 bits per heavy atom. The minimum Gasteiger partial charge on any atom is -0.345 e. The third kappa shape index (κ3) is 5.25. The van der Waals surface area contributed by atoms with Crippen LogP contribution in [0.3, 0.4) is 0 Å². The van der Waals surface area contributed by atoms with Gasteiger partial charge < -0.3 is 20.4 Å². The van der Waals surface area contributed by atoms with Gasteiger partial charge in [-0.1, -0.05) is 49.4 Å². The summed E-state index contributed by atoms with van der Waals surface area (Å²) in [5.74, 6) is -2.35. The van der Waals surface area contributed by atoms with Crippen molar-refractivity contribution in [2.45, 2.75) is 49.9 Å². The van der Waals surface area contributed by atoms with Gasteiger partial charge in [0.2, 0.25) is 23.6 Å². The van der Waals surface area contributed by atoms with E-state index in [9.17, 15) is 23.6 Å². The lowest BCUT2D eigenvalue weighted by Crippen LogP contribution is -2.56. The maximum absolute atomic E-state index is 15.1. The SMILES string of the molecule is CC1(c2ccc([C@@H](NC(=O)[C@@H]3C[C@@H](F)CN3C(=O)CN3CC(=O)NCC3=O)c3ccccc3)cc2F)CC1. The molecule has 0 bridgehead atoms. The number of halogens is 2. The van der Waals surface area contributed by atoms with Crippen LogP contribution in [0, 0.1) is 5.82 Å². The van der Waals surface area contributed by atoms with E-state index >= 15 is 4.39 Å². The molecule has 3 fully saturated rings. The number of nitrogens with zero attached hydrogens (tertiary/aromatic N) is 2. The van der Waals surface area contributed by atoms with Gasteiger partial charge in [-0.2, -0.15) is 0 Å². The van der Waals surface area contributed by atoms with Crippen molar-refractivity contribution in [3.8, 4) is 0 Å². The van der Waals surface area contributed by atoms with E-state index in [1.54, 1.807) is 24.3 Å². The largest absolute Gasteiger partial charge is 0.345 e. The van der Waals surface area contributed by atoms with Crippen LogP contribution < -0.4 is 10.6 Å². The van der Waals surface area contributed by atoms with Crippen LogP contribution in [0.25, 0.3) is 0 Å². The van der Waals surface area contributed by atoms with Crippen molar-refractivity contribution in [2.24, 2.45) is 0 Å². The van der Waals surface area contributed by atoms with Gasteiger partial charge in [-0.3, -0.25) is 19.2 Å². The standard InChI is InChI=1S/C28H30F2N4O4/c1-28(9-10-28)20-8-7-18(11-21(20)30)26(17-5-3-2-4-6-17)32-27(38)22-12-19(29)14-34(22)25(37)16-33-15-23(35)31-13-24(33)36/h2-8,11,19,22,26H,9-10,12-16H2,1H3,(H,31,35)(H,32,38)/t19-,22+,26+/m1/s1. The fraction of sp³-hybridized carbons (Fsp3) is 0.429. The topological polar surface area (TPSA) is 98.8 Å². The maximum Gasteiger partial charge on any atom is 0.243 e. The number of hydrogen-bond acceptors (Lipinski definition) is 4. The van der Waals surface area contributed by atoms with Gasteiger partial charge in [0.1, 0.15) is 31.1 Å². The Hall–Kier alpha value is -3.82. The Kier molecular flexibility index (Phi) is 6.90. The summed E-state index contributed by atoms with van der Waals surface area (Å²) in [4.78, 5) is 52.5. The molecule has 0 aromatic heterocycles. The first kappa shape index (κ1) is 25.8. The predicted octanol–water partition coefficient (Wildman–Crippen LogP) is 1.98. The summed E-state index contributed by atoms with van der Waals surface area (Å²) in [6.45, 7) is 0.823. The van der Waals surface area contributed by atoms with E-state index in [0.29, 0.717) is 16.7 Å². The van der Waals surface area contributed by atoms with Crippen LogP contribution in [-0.2, 0) is 24.6 Å². The highest BCUT2D eigenvalue weighted by molar-refractivity contribution is 5.96. The van der Waals surface area contributed by atoms with Crippen molar-refractivity contribution in [1.29, 1.82) is 0 Å². The molecule has 0 unspecified atom stereocenters. The summed E-state index contributed by atoms with van der Waals surface area (Å²) in [6, 6.07) is 12.2. The zero-order valence-corrected chi connectivity index (χ0v) is 21.1. The molecular weight excluding hydrogens is 494 g/mol. The first-order valence-electron chi connectivity index (χ1n) is 12.8. The molecule has 0 spiro atoms. The second kappa shape index (κ2) is 10.2. The highest BCUT2D eigenvalue weighted by Gasteiger charge is 2.43. The summed E-state index contributed by atoms with van der Waals surface area (Å²) < 4.78 is 29.6. The predicted molar refractivity (Wildman–Crippen MR) is 134 cm³/mol. The fourth-order valence-electron chi connectivity index (χ4n) is 5.21. The fourth-order valence-corrected chi connectivity index (χ4v) is 5.21. The molecular formula is C28H30F2N4O4. The summed E-state index contributed by atoms with van der Waals surface area (Å²) >= 11 is 0. The lowest BCUT2D eigenvalue weighted by atomic mass is 9.92. The minimum absolute atomic E-state index is 0.161. The van der Waals surface area contributed by atoms with Gasteiger partial charge in [0, 0.05) is 6.42 Å². The number of amides is 4. The highest BCUT2D eigenvalue weighted by atomic mass is 19.1. The van der Waals surface area contributed by atoms with Gasteiger partial charge in [-0.25, -0.2) is 8.78 Å². The second-order valence-electron chi connectivity index (χ2n) is 10.6. The summed E-state index contributed by atoms with van der Waals surface area (Å²) in [5, 5.41) is 5.31. The third-order valence-electron chi connectivity index (χ3n) is 7.72. The van der Waals surface area contributed by atoms with E-state index in [4.69, 9.17) is 0 Å². The van der Waals surface area contributed by atoms with Gasteiger partial charge in [-0.05, 0) is 41.0 Å². The zero-order valence-electron chi connectivity index (χ0n) is 21.1. The first-order chi connectivity index (χ1) is 18.1.